The van der Waals surface area contributed by atoms with Crippen molar-refractivity contribution in [2.45, 2.75) is 12.5 Å². The highest BCUT2D eigenvalue weighted by atomic mass is 16.5. The summed E-state index contributed by atoms with van der Waals surface area (Å²) >= 11 is 0. The molecule has 0 saturated heterocycles. The lowest BCUT2D eigenvalue weighted by atomic mass is 9.95. The SMILES string of the molecule is [2H]c1c([2H])c(C2CC(=O)c3c(O)cc(O)cc3O2)c([2H])c([2H])c1O. The number of carbonyl (C=O) groups is 1. The first-order chi connectivity index (χ1) is 11.2. The summed E-state index contributed by atoms with van der Waals surface area (Å²) in [6.45, 7) is 0. The molecule has 0 aromatic heterocycles. The van der Waals surface area contributed by atoms with Crippen LogP contribution in [0.15, 0.2) is 36.3 Å². The van der Waals surface area contributed by atoms with Gasteiger partial charge in [0.2, 0.25) is 0 Å². The van der Waals surface area contributed by atoms with E-state index in [4.69, 9.17) is 10.2 Å². The fourth-order valence-corrected chi connectivity index (χ4v) is 2.06. The van der Waals surface area contributed by atoms with Gasteiger partial charge >= 0.3 is 0 Å². The Hall–Kier alpha value is -2.69. The van der Waals surface area contributed by atoms with E-state index in [0.717, 1.165) is 12.1 Å². The second kappa shape index (κ2) is 4.45. The van der Waals surface area contributed by atoms with Crippen molar-refractivity contribution in [2.75, 3.05) is 0 Å². The number of Topliss-reactive ketones (excluding diaryl/α,β-unsaturated/α-hetero) is 1. The van der Waals surface area contributed by atoms with E-state index in [0.29, 0.717) is 0 Å². The molecule has 1 atom stereocenters. The molecule has 0 amide bonds. The second-order valence-electron chi connectivity index (χ2n) is 4.33. The van der Waals surface area contributed by atoms with Gasteiger partial charge < -0.3 is 20.1 Å². The predicted octanol–water partition coefficient (Wildman–Crippen LogP) is 2.51. The second-order valence-corrected chi connectivity index (χ2v) is 4.33. The molecule has 5 heteroatoms. The van der Waals surface area contributed by atoms with Crippen molar-refractivity contribution in [3.63, 3.8) is 0 Å². The van der Waals surface area contributed by atoms with Gasteiger partial charge in [-0.1, -0.05) is 12.1 Å². The van der Waals surface area contributed by atoms with Gasteiger partial charge in [-0.05, 0) is 17.6 Å². The Kier molecular flexibility index (Phi) is 1.89. The average molecular weight is 276 g/mol. The van der Waals surface area contributed by atoms with E-state index in [2.05, 4.69) is 0 Å². The fraction of sp³-hybridized carbons (Fsp3) is 0.133. The number of aromatic hydroxyl groups is 3. The van der Waals surface area contributed by atoms with Crippen LogP contribution in [0.1, 0.15) is 33.9 Å². The first kappa shape index (κ1) is 8.47. The third-order valence-corrected chi connectivity index (χ3v) is 2.94. The fourth-order valence-electron chi connectivity index (χ4n) is 2.06. The first-order valence-corrected chi connectivity index (χ1v) is 5.77. The molecule has 3 N–H and O–H groups in total. The summed E-state index contributed by atoms with van der Waals surface area (Å²) in [7, 11) is 0. The van der Waals surface area contributed by atoms with E-state index >= 15 is 0 Å². The van der Waals surface area contributed by atoms with Gasteiger partial charge in [-0.25, -0.2) is 0 Å². The summed E-state index contributed by atoms with van der Waals surface area (Å²) in [5, 5.41) is 28.9. The molecule has 2 aromatic rings. The van der Waals surface area contributed by atoms with Crippen LogP contribution in [0.5, 0.6) is 23.0 Å². The van der Waals surface area contributed by atoms with Gasteiger partial charge in [0.05, 0.1) is 11.9 Å². The minimum atomic E-state index is -1.14. The van der Waals surface area contributed by atoms with Gasteiger partial charge in [-0.15, -0.1) is 0 Å². The van der Waals surface area contributed by atoms with Gasteiger partial charge in [0.15, 0.2) is 5.78 Å². The Morgan fingerprint density at radius 2 is 1.80 bits per heavy atom. The molecule has 0 fully saturated rings. The molecular formula is C15H12O5. The van der Waals surface area contributed by atoms with Crippen LogP contribution < -0.4 is 4.74 Å². The Morgan fingerprint density at radius 1 is 1.10 bits per heavy atom. The first-order valence-electron chi connectivity index (χ1n) is 7.77. The summed E-state index contributed by atoms with van der Waals surface area (Å²) < 4.78 is 36.6. The van der Waals surface area contributed by atoms with Crippen LogP contribution in [0.3, 0.4) is 0 Å². The maximum Gasteiger partial charge on any atom is 0.174 e. The quantitative estimate of drug-likeness (QED) is 0.745. The van der Waals surface area contributed by atoms with Crippen molar-refractivity contribution in [3.8, 4) is 23.0 Å². The molecular weight excluding hydrogens is 260 g/mol. The number of fused-ring (bicyclic) bond motifs is 1. The summed E-state index contributed by atoms with van der Waals surface area (Å²) in [4.78, 5) is 12.3. The topological polar surface area (TPSA) is 87.0 Å². The van der Waals surface area contributed by atoms with Crippen LogP contribution in [0.25, 0.3) is 0 Å². The van der Waals surface area contributed by atoms with Crippen LogP contribution in [0.2, 0.25) is 0 Å². The normalized spacial score (nSPS) is 20.2. The van der Waals surface area contributed by atoms with Crippen LogP contribution in [-0.4, -0.2) is 21.1 Å². The summed E-state index contributed by atoms with van der Waals surface area (Å²) in [6, 6.07) is -0.177. The summed E-state index contributed by atoms with van der Waals surface area (Å²) in [5.41, 5.74) is -0.289. The summed E-state index contributed by atoms with van der Waals surface area (Å²) in [5.74, 6) is -2.20. The Morgan fingerprint density at radius 3 is 2.50 bits per heavy atom. The minimum Gasteiger partial charge on any atom is -0.508 e. The molecule has 0 aliphatic carbocycles. The van der Waals surface area contributed by atoms with Crippen LogP contribution in [-0.2, 0) is 0 Å². The molecule has 3 rings (SSSR count). The number of ether oxygens (including phenoxy) is 1. The average Bonchev–Trinajstić information content (AvgIpc) is 2.50. The van der Waals surface area contributed by atoms with Gasteiger partial charge in [-0.3, -0.25) is 4.79 Å². The molecule has 5 nitrogen and oxygen atoms in total. The van der Waals surface area contributed by atoms with E-state index in [1.807, 2.05) is 0 Å². The Balaban J connectivity index is 2.15. The number of ketones is 1. The van der Waals surface area contributed by atoms with Crippen LogP contribution >= 0.6 is 0 Å². The molecule has 20 heavy (non-hydrogen) atoms. The molecule has 0 bridgehead atoms. The van der Waals surface area contributed by atoms with Crippen LogP contribution in [0, 0.1) is 0 Å². The third-order valence-electron chi connectivity index (χ3n) is 2.94. The maximum atomic E-state index is 12.3. The van der Waals surface area contributed by atoms with Gasteiger partial charge in [0.1, 0.15) is 34.7 Å². The number of hydrogen-bond donors (Lipinski definition) is 3. The maximum absolute atomic E-state index is 12.3. The Labute approximate surface area is 120 Å². The van der Waals surface area contributed by atoms with E-state index in [1.165, 1.54) is 0 Å². The largest absolute Gasteiger partial charge is 0.508 e. The molecule has 1 unspecified atom stereocenters. The number of rotatable bonds is 1. The van der Waals surface area contributed by atoms with Crippen molar-refractivity contribution in [3.05, 3.63) is 47.4 Å². The molecule has 0 spiro atoms. The van der Waals surface area contributed by atoms with Crippen molar-refractivity contribution < 1.29 is 30.3 Å². The molecule has 1 aliphatic rings. The zero-order valence-electron chi connectivity index (χ0n) is 14.1. The highest BCUT2D eigenvalue weighted by Crippen LogP contribution is 2.41. The monoisotopic (exact) mass is 276 g/mol. The number of phenols is 3. The van der Waals surface area contributed by atoms with Crippen molar-refractivity contribution in [1.29, 1.82) is 0 Å². The van der Waals surface area contributed by atoms with E-state index in [-0.39, 0.29) is 29.0 Å². The molecule has 102 valence electrons. The molecule has 1 heterocycles. The zero-order chi connectivity index (χ0) is 17.8. The van der Waals surface area contributed by atoms with E-state index in [1.54, 1.807) is 0 Å². The van der Waals surface area contributed by atoms with Crippen molar-refractivity contribution in [1.82, 2.24) is 0 Å². The zero-order valence-corrected chi connectivity index (χ0v) is 10.1. The van der Waals surface area contributed by atoms with Gasteiger partial charge in [-0.2, -0.15) is 0 Å². The van der Waals surface area contributed by atoms with Gasteiger partial charge in [0, 0.05) is 12.1 Å². The lowest BCUT2D eigenvalue weighted by molar-refractivity contribution is 0.0845. The van der Waals surface area contributed by atoms with Gasteiger partial charge in [0.25, 0.3) is 0 Å². The van der Waals surface area contributed by atoms with Crippen LogP contribution in [0.4, 0.5) is 0 Å². The molecule has 1 aliphatic heterocycles. The summed E-state index contributed by atoms with van der Waals surface area (Å²) in [6.07, 6.45) is -1.45. The Bertz CT molecular complexity index is 852. The number of hydrogen-bond acceptors (Lipinski definition) is 5. The number of phenolic OH excluding ortho intramolecular Hbond substituents is 3. The molecule has 0 saturated carbocycles. The highest BCUT2D eigenvalue weighted by molar-refractivity contribution is 6.02. The van der Waals surface area contributed by atoms with E-state index < -0.39 is 47.6 Å². The molecule has 0 radical (unpaired) electrons. The lowest BCUT2D eigenvalue weighted by Gasteiger charge is -2.26. The molecule has 2 aromatic carbocycles. The number of carbonyl (C=O) groups excluding carboxylic acids is 1. The highest BCUT2D eigenvalue weighted by Gasteiger charge is 2.30. The van der Waals surface area contributed by atoms with Crippen molar-refractivity contribution >= 4 is 5.78 Å². The van der Waals surface area contributed by atoms with E-state index in [9.17, 15) is 20.1 Å². The number of benzene rings is 2. The van der Waals surface area contributed by atoms with Crippen molar-refractivity contribution in [2.24, 2.45) is 0 Å². The lowest BCUT2D eigenvalue weighted by Crippen LogP contribution is -2.20. The third kappa shape index (κ3) is 2.03. The smallest absolute Gasteiger partial charge is 0.174 e. The standard InChI is InChI=1S/C15H12O5/c16-9-3-1-8(2-4-9)13-7-12(19)15-11(18)5-10(17)6-14(15)20-13/h1-6,13,16-18H,7H2/i1D,2D,3D,4D. The predicted molar refractivity (Wildman–Crippen MR) is 70.2 cm³/mol. The minimum absolute atomic E-state index is 0.112.